The van der Waals surface area contributed by atoms with Gasteiger partial charge in [-0.1, -0.05) is 13.8 Å². The lowest BCUT2D eigenvalue weighted by Crippen LogP contribution is -2.27. The third-order valence-electron chi connectivity index (χ3n) is 2.66. The maximum Gasteiger partial charge on any atom is 0.150 e. The molecule has 2 heteroatoms. The van der Waals surface area contributed by atoms with Crippen LogP contribution in [-0.2, 0) is 0 Å². The summed E-state index contributed by atoms with van der Waals surface area (Å²) < 4.78 is 0. The van der Waals surface area contributed by atoms with Gasteiger partial charge in [-0.25, -0.2) is 0 Å². The number of hydrogen-bond acceptors (Lipinski definition) is 2. The molecule has 0 radical (unpaired) electrons. The summed E-state index contributed by atoms with van der Waals surface area (Å²) in [6.07, 6.45) is 0.898. The van der Waals surface area contributed by atoms with Gasteiger partial charge in [-0.2, -0.15) is 0 Å². The van der Waals surface area contributed by atoms with Crippen molar-refractivity contribution in [2.75, 3.05) is 18.0 Å². The zero-order valence-corrected chi connectivity index (χ0v) is 10.7. The molecule has 2 nitrogen and oxygen atoms in total. The molecule has 0 bridgehead atoms. The Morgan fingerprint density at radius 1 is 1.38 bits per heavy atom. The van der Waals surface area contributed by atoms with Gasteiger partial charge in [0.05, 0.1) is 0 Å². The first-order valence-electron chi connectivity index (χ1n) is 5.89. The van der Waals surface area contributed by atoms with Crippen LogP contribution < -0.4 is 4.90 Å². The Morgan fingerprint density at radius 2 is 2.06 bits per heavy atom. The monoisotopic (exact) mass is 219 g/mol. The highest BCUT2D eigenvalue weighted by Crippen LogP contribution is 2.21. The van der Waals surface area contributed by atoms with Gasteiger partial charge < -0.3 is 4.90 Å². The standard InChI is InChI=1S/C14H21NO/c1-5-15(9-11(2)3)14-7-6-13(10-16)8-12(14)4/h6-8,10-11H,5,9H2,1-4H3. The van der Waals surface area contributed by atoms with Crippen molar-refractivity contribution in [3.05, 3.63) is 29.3 Å². The van der Waals surface area contributed by atoms with E-state index >= 15 is 0 Å². The van der Waals surface area contributed by atoms with E-state index < -0.39 is 0 Å². The van der Waals surface area contributed by atoms with Crippen LogP contribution in [0.1, 0.15) is 36.7 Å². The minimum absolute atomic E-state index is 0.644. The molecule has 16 heavy (non-hydrogen) atoms. The van der Waals surface area contributed by atoms with E-state index in [1.54, 1.807) is 0 Å². The second kappa shape index (κ2) is 5.69. The molecule has 0 aliphatic carbocycles. The highest BCUT2D eigenvalue weighted by Gasteiger charge is 2.09. The third kappa shape index (κ3) is 3.09. The van der Waals surface area contributed by atoms with E-state index in [-0.39, 0.29) is 0 Å². The molecule has 0 aliphatic heterocycles. The molecule has 1 rings (SSSR count). The topological polar surface area (TPSA) is 20.3 Å². The number of carbonyl (C=O) groups excluding carboxylic acids is 1. The maximum absolute atomic E-state index is 10.7. The molecule has 0 heterocycles. The van der Waals surface area contributed by atoms with E-state index in [0.29, 0.717) is 5.92 Å². The Bertz CT molecular complexity index is 358. The number of carbonyl (C=O) groups is 1. The minimum atomic E-state index is 0.644. The summed E-state index contributed by atoms with van der Waals surface area (Å²) in [6, 6.07) is 5.88. The van der Waals surface area contributed by atoms with Gasteiger partial charge in [-0.3, -0.25) is 4.79 Å². The molecular weight excluding hydrogens is 198 g/mol. The summed E-state index contributed by atoms with van der Waals surface area (Å²) in [7, 11) is 0. The Hall–Kier alpha value is -1.31. The molecule has 0 aromatic heterocycles. The van der Waals surface area contributed by atoms with E-state index in [1.165, 1.54) is 11.3 Å². The van der Waals surface area contributed by atoms with Gasteiger partial charge in [0.2, 0.25) is 0 Å². The summed E-state index contributed by atoms with van der Waals surface area (Å²) in [4.78, 5) is 13.0. The Morgan fingerprint density at radius 3 is 2.50 bits per heavy atom. The predicted octanol–water partition coefficient (Wildman–Crippen LogP) is 3.29. The van der Waals surface area contributed by atoms with E-state index in [4.69, 9.17) is 0 Å². The van der Waals surface area contributed by atoms with Crippen molar-refractivity contribution in [1.29, 1.82) is 0 Å². The van der Waals surface area contributed by atoms with Gasteiger partial charge in [0.25, 0.3) is 0 Å². The second-order valence-electron chi connectivity index (χ2n) is 4.60. The summed E-state index contributed by atoms with van der Waals surface area (Å²) in [5, 5.41) is 0. The molecule has 1 aromatic rings. The number of nitrogens with zero attached hydrogens (tertiary/aromatic N) is 1. The highest BCUT2D eigenvalue weighted by molar-refractivity contribution is 5.76. The van der Waals surface area contributed by atoms with Crippen LogP contribution in [0.5, 0.6) is 0 Å². The largest absolute Gasteiger partial charge is 0.371 e. The number of aldehydes is 1. The smallest absolute Gasteiger partial charge is 0.150 e. The van der Waals surface area contributed by atoms with Crippen LogP contribution in [0.3, 0.4) is 0 Å². The lowest BCUT2D eigenvalue weighted by atomic mass is 10.1. The van der Waals surface area contributed by atoms with E-state index in [0.717, 1.165) is 24.9 Å². The number of rotatable bonds is 5. The number of aryl methyl sites for hydroxylation is 1. The van der Waals surface area contributed by atoms with Crippen molar-refractivity contribution in [1.82, 2.24) is 0 Å². The Kier molecular flexibility index (Phi) is 4.53. The number of hydrogen-bond donors (Lipinski definition) is 0. The van der Waals surface area contributed by atoms with Gasteiger partial charge in [0.1, 0.15) is 6.29 Å². The van der Waals surface area contributed by atoms with Crippen LogP contribution in [0.4, 0.5) is 5.69 Å². The Labute approximate surface area is 98.3 Å². The molecule has 0 saturated carbocycles. The van der Waals surface area contributed by atoms with Crippen LogP contribution in [0.2, 0.25) is 0 Å². The molecule has 0 amide bonds. The number of benzene rings is 1. The summed E-state index contributed by atoms with van der Waals surface area (Å²) >= 11 is 0. The average Bonchev–Trinajstić information content (AvgIpc) is 2.25. The fraction of sp³-hybridized carbons (Fsp3) is 0.500. The maximum atomic E-state index is 10.7. The summed E-state index contributed by atoms with van der Waals surface area (Å²) in [5.41, 5.74) is 3.16. The van der Waals surface area contributed by atoms with Crippen molar-refractivity contribution in [3.8, 4) is 0 Å². The second-order valence-corrected chi connectivity index (χ2v) is 4.60. The van der Waals surface area contributed by atoms with Crippen molar-refractivity contribution >= 4 is 12.0 Å². The molecule has 0 atom stereocenters. The van der Waals surface area contributed by atoms with Crippen molar-refractivity contribution in [3.63, 3.8) is 0 Å². The van der Waals surface area contributed by atoms with Crippen LogP contribution >= 0.6 is 0 Å². The van der Waals surface area contributed by atoms with E-state index in [9.17, 15) is 4.79 Å². The van der Waals surface area contributed by atoms with E-state index in [2.05, 4.69) is 32.6 Å². The van der Waals surface area contributed by atoms with Crippen molar-refractivity contribution in [2.24, 2.45) is 5.92 Å². The van der Waals surface area contributed by atoms with Crippen LogP contribution in [0.15, 0.2) is 18.2 Å². The first-order valence-corrected chi connectivity index (χ1v) is 5.89. The van der Waals surface area contributed by atoms with Crippen molar-refractivity contribution in [2.45, 2.75) is 27.7 Å². The molecule has 0 N–H and O–H groups in total. The highest BCUT2D eigenvalue weighted by atomic mass is 16.1. The van der Waals surface area contributed by atoms with Crippen LogP contribution in [-0.4, -0.2) is 19.4 Å². The van der Waals surface area contributed by atoms with Crippen LogP contribution in [0, 0.1) is 12.8 Å². The van der Waals surface area contributed by atoms with Gasteiger partial charge in [-0.15, -0.1) is 0 Å². The van der Waals surface area contributed by atoms with Gasteiger partial charge >= 0.3 is 0 Å². The summed E-state index contributed by atoms with van der Waals surface area (Å²) in [5.74, 6) is 0.644. The molecule has 0 unspecified atom stereocenters. The van der Waals surface area contributed by atoms with Gasteiger partial charge in [0, 0.05) is 24.3 Å². The molecule has 88 valence electrons. The van der Waals surface area contributed by atoms with Gasteiger partial charge in [0.15, 0.2) is 0 Å². The first-order chi connectivity index (χ1) is 7.58. The predicted molar refractivity (Wildman–Crippen MR) is 69.3 cm³/mol. The minimum Gasteiger partial charge on any atom is -0.371 e. The van der Waals surface area contributed by atoms with Crippen LogP contribution in [0.25, 0.3) is 0 Å². The fourth-order valence-electron chi connectivity index (χ4n) is 1.95. The normalized spacial score (nSPS) is 10.6. The Balaban J connectivity index is 2.96. The number of anilines is 1. The lowest BCUT2D eigenvalue weighted by Gasteiger charge is -2.26. The fourth-order valence-corrected chi connectivity index (χ4v) is 1.95. The third-order valence-corrected chi connectivity index (χ3v) is 2.66. The zero-order valence-electron chi connectivity index (χ0n) is 10.7. The average molecular weight is 219 g/mol. The molecule has 0 fully saturated rings. The molecule has 0 saturated heterocycles. The van der Waals surface area contributed by atoms with E-state index in [1.807, 2.05) is 18.2 Å². The first kappa shape index (κ1) is 12.8. The molecule has 0 aliphatic rings. The van der Waals surface area contributed by atoms with Gasteiger partial charge in [-0.05, 0) is 43.5 Å². The molecule has 0 spiro atoms. The SMILES string of the molecule is CCN(CC(C)C)c1ccc(C=O)cc1C. The van der Waals surface area contributed by atoms with Crippen molar-refractivity contribution < 1.29 is 4.79 Å². The quantitative estimate of drug-likeness (QED) is 0.708. The lowest BCUT2D eigenvalue weighted by molar-refractivity contribution is 0.112. The molecule has 1 aromatic carbocycles. The molecular formula is C14H21NO. The zero-order chi connectivity index (χ0) is 12.1. The summed E-state index contributed by atoms with van der Waals surface area (Å²) in [6.45, 7) is 10.7.